The molecule has 0 radical (unpaired) electrons. The van der Waals surface area contributed by atoms with Crippen molar-refractivity contribution in [2.75, 3.05) is 11.9 Å². The maximum atomic E-state index is 10.4. The first-order valence-corrected chi connectivity index (χ1v) is 3.74. The quantitative estimate of drug-likeness (QED) is 0.461. The van der Waals surface area contributed by atoms with Gasteiger partial charge in [0, 0.05) is 6.54 Å². The number of nitro groups is 1. The van der Waals surface area contributed by atoms with E-state index < -0.39 is 10.9 Å². The number of anilines is 1. The third kappa shape index (κ3) is 2.44. The summed E-state index contributed by atoms with van der Waals surface area (Å²) in [5, 5.41) is 26.9. The van der Waals surface area contributed by atoms with E-state index in [1.165, 1.54) is 6.20 Å². The van der Waals surface area contributed by atoms with Gasteiger partial charge < -0.3 is 20.5 Å². The molecule has 14 heavy (non-hydrogen) atoms. The van der Waals surface area contributed by atoms with Crippen LogP contribution in [0.3, 0.4) is 0 Å². The van der Waals surface area contributed by atoms with E-state index in [1.54, 1.807) is 0 Å². The van der Waals surface area contributed by atoms with Crippen LogP contribution in [-0.4, -0.2) is 32.7 Å². The summed E-state index contributed by atoms with van der Waals surface area (Å²) in [5.41, 5.74) is 0.191. The summed E-state index contributed by atoms with van der Waals surface area (Å²) in [5.74, 6) is -1.24. The van der Waals surface area contributed by atoms with Crippen molar-refractivity contribution < 1.29 is 14.8 Å². The van der Waals surface area contributed by atoms with Crippen molar-refractivity contribution >= 4 is 17.5 Å². The normalized spacial score (nSPS) is 9.71. The van der Waals surface area contributed by atoms with E-state index in [-0.39, 0.29) is 24.5 Å². The number of hydrogen-bond donors (Lipinski definition) is 3. The number of hydrogen-bond acceptors (Lipinski definition) is 5. The monoisotopic (exact) mass is 200 g/mol. The molecule has 1 heterocycles. The fourth-order valence-corrected chi connectivity index (χ4v) is 0.852. The summed E-state index contributed by atoms with van der Waals surface area (Å²) in [7, 11) is 0. The largest absolute Gasteiger partial charge is 0.481 e. The highest BCUT2D eigenvalue weighted by Gasteiger charge is 2.13. The van der Waals surface area contributed by atoms with E-state index in [2.05, 4.69) is 15.5 Å². The zero-order valence-electron chi connectivity index (χ0n) is 7.06. The Labute approximate surface area is 78.1 Å². The van der Waals surface area contributed by atoms with E-state index in [9.17, 15) is 14.9 Å². The zero-order chi connectivity index (χ0) is 10.6. The van der Waals surface area contributed by atoms with E-state index >= 15 is 0 Å². The second-order valence-corrected chi connectivity index (χ2v) is 2.46. The fourth-order valence-electron chi connectivity index (χ4n) is 0.852. The number of nitrogens with one attached hydrogen (secondary N) is 2. The minimum Gasteiger partial charge on any atom is -0.481 e. The van der Waals surface area contributed by atoms with Gasteiger partial charge in [-0.15, -0.1) is 5.10 Å². The predicted octanol–water partition coefficient (Wildman–Crippen LogP) is 0.205. The van der Waals surface area contributed by atoms with Crippen molar-refractivity contribution in [2.24, 2.45) is 0 Å². The average molecular weight is 200 g/mol. The SMILES string of the molecule is O=C(O)CCNc1cn[nH]c1[N+](=O)[O-]. The van der Waals surface area contributed by atoms with Crippen LogP contribution in [0.5, 0.6) is 0 Å². The molecular weight excluding hydrogens is 192 g/mol. The Morgan fingerprint density at radius 3 is 3.07 bits per heavy atom. The van der Waals surface area contributed by atoms with Gasteiger partial charge in [-0.3, -0.25) is 4.79 Å². The van der Waals surface area contributed by atoms with Crippen LogP contribution in [0.1, 0.15) is 6.42 Å². The van der Waals surface area contributed by atoms with Crippen LogP contribution < -0.4 is 5.32 Å². The van der Waals surface area contributed by atoms with Crippen LogP contribution in [0.2, 0.25) is 0 Å². The average Bonchev–Trinajstić information content (AvgIpc) is 2.51. The van der Waals surface area contributed by atoms with Crippen LogP contribution in [-0.2, 0) is 4.79 Å². The Balaban J connectivity index is 2.54. The van der Waals surface area contributed by atoms with Gasteiger partial charge in [-0.05, 0) is 4.92 Å². The molecule has 0 aromatic carbocycles. The summed E-state index contributed by atoms with van der Waals surface area (Å²) in [4.78, 5) is 19.9. The smallest absolute Gasteiger partial charge is 0.366 e. The highest BCUT2D eigenvalue weighted by Crippen LogP contribution is 2.19. The molecule has 0 aliphatic rings. The lowest BCUT2D eigenvalue weighted by Crippen LogP contribution is -2.08. The number of carboxylic acids is 1. The van der Waals surface area contributed by atoms with Gasteiger partial charge in [0.15, 0.2) is 5.69 Å². The molecule has 0 aliphatic heterocycles. The van der Waals surface area contributed by atoms with Crippen molar-refractivity contribution in [3.8, 4) is 0 Å². The molecule has 0 bridgehead atoms. The predicted molar refractivity (Wildman–Crippen MR) is 46.0 cm³/mol. The molecule has 3 N–H and O–H groups in total. The minimum atomic E-state index is -0.969. The first kappa shape index (κ1) is 9.96. The third-order valence-corrected chi connectivity index (χ3v) is 1.46. The molecule has 8 heteroatoms. The van der Waals surface area contributed by atoms with Gasteiger partial charge in [0.05, 0.1) is 6.42 Å². The topological polar surface area (TPSA) is 121 Å². The zero-order valence-corrected chi connectivity index (χ0v) is 7.06. The van der Waals surface area contributed by atoms with Crippen LogP contribution in [0, 0.1) is 10.1 Å². The Morgan fingerprint density at radius 1 is 1.79 bits per heavy atom. The van der Waals surface area contributed by atoms with Gasteiger partial charge in [0.1, 0.15) is 6.20 Å². The van der Waals surface area contributed by atoms with Gasteiger partial charge in [-0.1, -0.05) is 5.10 Å². The van der Waals surface area contributed by atoms with Gasteiger partial charge in [-0.25, -0.2) is 0 Å². The molecule has 0 amide bonds. The van der Waals surface area contributed by atoms with Crippen molar-refractivity contribution in [3.63, 3.8) is 0 Å². The molecule has 76 valence electrons. The molecule has 0 unspecified atom stereocenters. The molecule has 0 fully saturated rings. The highest BCUT2D eigenvalue weighted by atomic mass is 16.6. The number of aromatic nitrogens is 2. The summed E-state index contributed by atoms with van der Waals surface area (Å²) in [6.45, 7) is 0.121. The van der Waals surface area contributed by atoms with Gasteiger partial charge >= 0.3 is 11.8 Å². The van der Waals surface area contributed by atoms with Crippen LogP contribution in [0.4, 0.5) is 11.5 Å². The molecule has 0 atom stereocenters. The molecule has 1 aromatic heterocycles. The van der Waals surface area contributed by atoms with Crippen molar-refractivity contribution in [3.05, 3.63) is 16.3 Å². The molecule has 1 rings (SSSR count). The number of H-pyrrole nitrogens is 1. The van der Waals surface area contributed by atoms with Gasteiger partial charge in [0.25, 0.3) is 0 Å². The van der Waals surface area contributed by atoms with Crippen molar-refractivity contribution in [2.45, 2.75) is 6.42 Å². The number of nitrogens with zero attached hydrogens (tertiary/aromatic N) is 2. The number of aliphatic carboxylic acids is 1. The van der Waals surface area contributed by atoms with Crippen LogP contribution in [0.25, 0.3) is 0 Å². The van der Waals surface area contributed by atoms with E-state index in [1.807, 2.05) is 0 Å². The maximum Gasteiger partial charge on any atom is 0.366 e. The second-order valence-electron chi connectivity index (χ2n) is 2.46. The highest BCUT2D eigenvalue weighted by molar-refractivity contribution is 5.67. The molecule has 0 saturated heterocycles. The lowest BCUT2D eigenvalue weighted by molar-refractivity contribution is -0.388. The Hall–Kier alpha value is -2.12. The Morgan fingerprint density at radius 2 is 2.50 bits per heavy atom. The first-order valence-electron chi connectivity index (χ1n) is 3.74. The summed E-state index contributed by atoms with van der Waals surface area (Å²) in [6, 6.07) is 0. The number of carboxylic acid groups (broad SMARTS) is 1. The van der Waals surface area contributed by atoms with E-state index in [0.29, 0.717) is 0 Å². The fraction of sp³-hybridized carbons (Fsp3) is 0.333. The number of rotatable bonds is 5. The summed E-state index contributed by atoms with van der Waals surface area (Å²) in [6.07, 6.45) is 1.13. The molecule has 0 aliphatic carbocycles. The van der Waals surface area contributed by atoms with Gasteiger partial charge in [-0.2, -0.15) is 0 Å². The van der Waals surface area contributed by atoms with Gasteiger partial charge in [0.2, 0.25) is 0 Å². The molecule has 8 nitrogen and oxygen atoms in total. The Kier molecular flexibility index (Phi) is 3.00. The molecular formula is C6H8N4O4. The number of aromatic amines is 1. The minimum absolute atomic E-state index is 0.109. The summed E-state index contributed by atoms with van der Waals surface area (Å²) < 4.78 is 0. The van der Waals surface area contributed by atoms with E-state index in [0.717, 1.165) is 0 Å². The summed E-state index contributed by atoms with van der Waals surface area (Å²) >= 11 is 0. The van der Waals surface area contributed by atoms with E-state index in [4.69, 9.17) is 5.11 Å². The Bertz CT molecular complexity index is 347. The molecule has 1 aromatic rings. The maximum absolute atomic E-state index is 10.4. The van der Waals surface area contributed by atoms with Crippen LogP contribution in [0.15, 0.2) is 6.20 Å². The lowest BCUT2D eigenvalue weighted by Gasteiger charge is -2.00. The number of carbonyl (C=O) groups is 1. The third-order valence-electron chi connectivity index (χ3n) is 1.46. The molecule has 0 spiro atoms. The van der Waals surface area contributed by atoms with Crippen LogP contribution >= 0.6 is 0 Å². The lowest BCUT2D eigenvalue weighted by atomic mass is 10.4. The van der Waals surface area contributed by atoms with Crippen molar-refractivity contribution in [1.82, 2.24) is 10.2 Å². The standard InChI is InChI=1S/C6H8N4O4/c11-5(12)1-2-7-4-3-8-9-6(4)10(13)14/h3,7H,1-2H2,(H,8,9)(H,11,12). The second kappa shape index (κ2) is 4.21. The first-order chi connectivity index (χ1) is 6.61. The van der Waals surface area contributed by atoms with Crippen molar-refractivity contribution in [1.29, 1.82) is 0 Å². The molecule has 0 saturated carbocycles.